The number of piperazine rings is 1. The minimum atomic E-state index is -3.62. The Labute approximate surface area is 208 Å². The molecule has 0 saturated carbocycles. The van der Waals surface area contributed by atoms with E-state index >= 15 is 0 Å². The number of carbonyl (C=O) groups excluding carboxylic acids is 2. The highest BCUT2D eigenvalue weighted by molar-refractivity contribution is 7.89. The number of nitrogens with zero attached hydrogens (tertiary/aromatic N) is 4. The number of rotatable bonds is 7. The second-order valence-electron chi connectivity index (χ2n) is 9.08. The fraction of sp³-hybridized carbons (Fsp3) is 0.462. The lowest BCUT2D eigenvalue weighted by Crippen LogP contribution is -2.55. The molecule has 0 aliphatic carbocycles. The van der Waals surface area contributed by atoms with Crippen LogP contribution in [0.15, 0.2) is 53.4 Å². The number of fused-ring (bicyclic) bond motifs is 1. The second kappa shape index (κ2) is 10.5. The number of benzene rings is 2. The lowest BCUT2D eigenvalue weighted by atomic mass is 10.1. The molecule has 0 N–H and O–H groups in total. The Balaban J connectivity index is 1.48. The van der Waals surface area contributed by atoms with E-state index in [2.05, 4.69) is 17.0 Å². The lowest BCUT2D eigenvalue weighted by Gasteiger charge is -2.37. The Bertz CT molecular complexity index is 1170. The smallest absolute Gasteiger partial charge is 0.246 e. The third kappa shape index (κ3) is 5.12. The van der Waals surface area contributed by atoms with Crippen LogP contribution in [0, 0.1) is 0 Å². The van der Waals surface area contributed by atoms with Crippen molar-refractivity contribution in [1.82, 2.24) is 14.1 Å². The molecule has 1 saturated heterocycles. The number of carbonyl (C=O) groups is 2. The Hall–Kier alpha value is -2.75. The normalized spacial score (nSPS) is 18.7. The van der Waals surface area contributed by atoms with Crippen LogP contribution in [0.3, 0.4) is 0 Å². The standard InChI is InChI=1S/C26H34N4O4S/c1-4-29(5-2)35(33,34)23-11-12-24-22(17-23)18-25(30(24)20(3)31)26(32)28-15-13-27(14-16-28)19-21-9-7-6-8-10-21/h6-12,17,25H,4-5,13-16,18-19H2,1-3H3/t25-/m0/s1. The van der Waals surface area contributed by atoms with Crippen LogP contribution >= 0.6 is 0 Å². The molecule has 188 valence electrons. The summed E-state index contributed by atoms with van der Waals surface area (Å²) in [7, 11) is -3.62. The van der Waals surface area contributed by atoms with Crippen molar-refractivity contribution in [3.05, 3.63) is 59.7 Å². The zero-order valence-electron chi connectivity index (χ0n) is 20.7. The Morgan fingerprint density at radius 2 is 1.63 bits per heavy atom. The van der Waals surface area contributed by atoms with E-state index in [0.29, 0.717) is 38.3 Å². The molecule has 0 spiro atoms. The van der Waals surface area contributed by atoms with Crippen molar-refractivity contribution >= 4 is 27.5 Å². The summed E-state index contributed by atoms with van der Waals surface area (Å²) < 4.78 is 27.4. The van der Waals surface area contributed by atoms with Gasteiger partial charge in [-0.25, -0.2) is 8.42 Å². The SMILES string of the molecule is CCN(CC)S(=O)(=O)c1ccc2c(c1)C[C@@H](C(=O)N1CCN(Cc3ccccc3)CC1)N2C(C)=O. The maximum atomic E-state index is 13.5. The van der Waals surface area contributed by atoms with Gasteiger partial charge in [-0.05, 0) is 29.3 Å². The van der Waals surface area contributed by atoms with Crippen molar-refractivity contribution in [1.29, 1.82) is 0 Å². The number of anilines is 1. The summed E-state index contributed by atoms with van der Waals surface area (Å²) in [5.74, 6) is -0.298. The molecule has 0 unspecified atom stereocenters. The number of hydrogen-bond donors (Lipinski definition) is 0. The monoisotopic (exact) mass is 498 g/mol. The second-order valence-corrected chi connectivity index (χ2v) is 11.0. The van der Waals surface area contributed by atoms with Crippen molar-refractivity contribution in [2.45, 2.75) is 44.7 Å². The quantitative estimate of drug-likeness (QED) is 0.585. The molecule has 2 heterocycles. The molecule has 2 amide bonds. The minimum absolute atomic E-state index is 0.0797. The highest BCUT2D eigenvalue weighted by Crippen LogP contribution is 2.35. The van der Waals surface area contributed by atoms with Gasteiger partial charge in [-0.1, -0.05) is 44.2 Å². The maximum absolute atomic E-state index is 13.5. The molecule has 2 aliphatic rings. The van der Waals surface area contributed by atoms with Crippen molar-refractivity contribution in [2.75, 3.05) is 44.2 Å². The first kappa shape index (κ1) is 25.3. The van der Waals surface area contributed by atoms with Crippen LogP contribution < -0.4 is 4.90 Å². The molecule has 4 rings (SSSR count). The largest absolute Gasteiger partial charge is 0.338 e. The zero-order valence-corrected chi connectivity index (χ0v) is 21.5. The fourth-order valence-corrected chi connectivity index (χ4v) is 6.58. The summed E-state index contributed by atoms with van der Waals surface area (Å²) in [5.41, 5.74) is 2.59. The first-order valence-electron chi connectivity index (χ1n) is 12.2. The summed E-state index contributed by atoms with van der Waals surface area (Å²) in [6.07, 6.45) is 0.319. The predicted octanol–water partition coefficient (Wildman–Crippen LogP) is 2.34. The molecule has 0 radical (unpaired) electrons. The van der Waals surface area contributed by atoms with Gasteiger partial charge < -0.3 is 4.90 Å². The van der Waals surface area contributed by atoms with Crippen molar-refractivity contribution < 1.29 is 18.0 Å². The van der Waals surface area contributed by atoms with Crippen LogP contribution in [0.2, 0.25) is 0 Å². The topological polar surface area (TPSA) is 81.2 Å². The number of sulfonamides is 1. The van der Waals surface area contributed by atoms with E-state index < -0.39 is 16.1 Å². The molecule has 9 heteroatoms. The predicted molar refractivity (Wildman–Crippen MR) is 135 cm³/mol. The summed E-state index contributed by atoms with van der Waals surface area (Å²) in [6.45, 7) is 9.42. The van der Waals surface area contributed by atoms with Crippen molar-refractivity contribution in [2.24, 2.45) is 0 Å². The average molecular weight is 499 g/mol. The maximum Gasteiger partial charge on any atom is 0.246 e. The van der Waals surface area contributed by atoms with E-state index in [1.54, 1.807) is 26.0 Å². The molecule has 0 bridgehead atoms. The first-order chi connectivity index (χ1) is 16.8. The molecule has 2 aromatic carbocycles. The van der Waals surface area contributed by atoms with Crippen molar-refractivity contribution in [3.8, 4) is 0 Å². The van der Waals surface area contributed by atoms with Crippen LogP contribution in [0.1, 0.15) is 31.9 Å². The van der Waals surface area contributed by atoms with Crippen LogP contribution in [-0.4, -0.2) is 79.6 Å². The molecule has 0 aromatic heterocycles. The Kier molecular flexibility index (Phi) is 7.59. The molecule has 2 aromatic rings. The third-order valence-corrected chi connectivity index (χ3v) is 8.98. The van der Waals surface area contributed by atoms with Gasteiger partial charge in [0.15, 0.2) is 0 Å². The molecule has 35 heavy (non-hydrogen) atoms. The molecule has 2 aliphatic heterocycles. The molecule has 8 nitrogen and oxygen atoms in total. The lowest BCUT2D eigenvalue weighted by molar-refractivity contribution is -0.135. The van der Waals surface area contributed by atoms with Gasteiger partial charge in [0.05, 0.1) is 4.90 Å². The summed E-state index contributed by atoms with van der Waals surface area (Å²) in [6, 6.07) is 14.5. The van der Waals surface area contributed by atoms with Crippen molar-refractivity contribution in [3.63, 3.8) is 0 Å². The highest BCUT2D eigenvalue weighted by Gasteiger charge is 2.40. The van der Waals surface area contributed by atoms with E-state index in [9.17, 15) is 18.0 Å². The average Bonchev–Trinajstić information content (AvgIpc) is 3.24. The molecular formula is C26H34N4O4S. The van der Waals surface area contributed by atoms with Crippen LogP contribution in [0.4, 0.5) is 5.69 Å². The van der Waals surface area contributed by atoms with E-state index in [1.807, 2.05) is 23.1 Å². The minimum Gasteiger partial charge on any atom is -0.338 e. The van der Waals surface area contributed by atoms with Crippen LogP contribution in [-0.2, 0) is 32.6 Å². The van der Waals surface area contributed by atoms with Gasteiger partial charge in [-0.15, -0.1) is 0 Å². The van der Waals surface area contributed by atoms with E-state index in [-0.39, 0.29) is 16.7 Å². The Morgan fingerprint density at radius 1 is 0.971 bits per heavy atom. The molecule has 1 fully saturated rings. The zero-order chi connectivity index (χ0) is 25.2. The third-order valence-electron chi connectivity index (χ3n) is 6.94. The first-order valence-corrected chi connectivity index (χ1v) is 13.7. The van der Waals surface area contributed by atoms with Crippen LogP contribution in [0.5, 0.6) is 0 Å². The van der Waals surface area contributed by atoms with Gasteiger partial charge in [-0.3, -0.25) is 19.4 Å². The summed E-state index contributed by atoms with van der Waals surface area (Å²) in [4.78, 5) is 32.0. The van der Waals surface area contributed by atoms with Crippen LogP contribution in [0.25, 0.3) is 0 Å². The van der Waals surface area contributed by atoms with Gasteiger partial charge in [-0.2, -0.15) is 4.31 Å². The van der Waals surface area contributed by atoms with Gasteiger partial charge in [0.1, 0.15) is 6.04 Å². The van der Waals surface area contributed by atoms with E-state index in [0.717, 1.165) is 25.2 Å². The highest BCUT2D eigenvalue weighted by atomic mass is 32.2. The van der Waals surface area contributed by atoms with E-state index in [1.165, 1.54) is 27.8 Å². The van der Waals surface area contributed by atoms with Gasteiger partial charge in [0, 0.05) is 64.8 Å². The fourth-order valence-electron chi connectivity index (χ4n) is 5.07. The summed E-state index contributed by atoms with van der Waals surface area (Å²) in [5, 5.41) is 0. The van der Waals surface area contributed by atoms with E-state index in [4.69, 9.17) is 0 Å². The number of amides is 2. The van der Waals surface area contributed by atoms with Gasteiger partial charge >= 0.3 is 0 Å². The summed E-state index contributed by atoms with van der Waals surface area (Å²) >= 11 is 0. The number of hydrogen-bond acceptors (Lipinski definition) is 5. The van der Waals surface area contributed by atoms with Gasteiger partial charge in [0.25, 0.3) is 0 Å². The molecular weight excluding hydrogens is 464 g/mol. The molecule has 1 atom stereocenters. The van der Waals surface area contributed by atoms with Gasteiger partial charge in [0.2, 0.25) is 21.8 Å². The Morgan fingerprint density at radius 3 is 2.23 bits per heavy atom.